The van der Waals surface area contributed by atoms with Crippen LogP contribution in [0.4, 0.5) is 16.0 Å². The molecule has 0 saturated carbocycles. The molecule has 4 aromatic rings. The first kappa shape index (κ1) is 23.5. The number of nitrogens with zero attached hydrogens (tertiary/aromatic N) is 3. The van der Waals surface area contributed by atoms with Gasteiger partial charge < -0.3 is 24.8 Å². The lowest BCUT2D eigenvalue weighted by Gasteiger charge is -2.26. The van der Waals surface area contributed by atoms with Gasteiger partial charge >= 0.3 is 0 Å². The van der Waals surface area contributed by atoms with Crippen molar-refractivity contribution in [2.24, 2.45) is 0 Å². The number of aromatic nitrogens is 4. The molecule has 12 heteroatoms. The predicted octanol–water partition coefficient (Wildman–Crippen LogP) is 2.64. The molecule has 1 fully saturated rings. The molecule has 2 aromatic carbocycles. The first-order valence-electron chi connectivity index (χ1n) is 11.4. The molecule has 1 aliphatic heterocycles. The highest BCUT2D eigenvalue weighted by Crippen LogP contribution is 2.26. The Morgan fingerprint density at radius 3 is 2.78 bits per heavy atom. The molecule has 0 bridgehead atoms. The molecule has 4 N–H and O–H groups in total. The van der Waals surface area contributed by atoms with Crippen LogP contribution in [0.3, 0.4) is 0 Å². The summed E-state index contributed by atoms with van der Waals surface area (Å²) in [6.45, 7) is 3.87. The van der Waals surface area contributed by atoms with E-state index in [1.54, 1.807) is 6.07 Å². The van der Waals surface area contributed by atoms with Crippen LogP contribution in [0, 0.1) is 5.82 Å². The number of morpholine rings is 1. The van der Waals surface area contributed by atoms with Gasteiger partial charge in [-0.2, -0.15) is 0 Å². The minimum atomic E-state index is -0.657. The summed E-state index contributed by atoms with van der Waals surface area (Å²) in [4.78, 5) is 42.0. The van der Waals surface area contributed by atoms with E-state index in [4.69, 9.17) is 9.47 Å². The molecule has 0 radical (unpaired) electrons. The molecule has 0 spiro atoms. The number of fused-ring (bicyclic) bond motifs is 1. The van der Waals surface area contributed by atoms with E-state index in [-0.39, 0.29) is 28.8 Å². The summed E-state index contributed by atoms with van der Waals surface area (Å²) in [5.41, 5.74) is 1.52. The largest absolute Gasteiger partial charge is 0.490 e. The highest BCUT2D eigenvalue weighted by molar-refractivity contribution is 6.13. The summed E-state index contributed by atoms with van der Waals surface area (Å²) in [6, 6.07) is 11.1. The van der Waals surface area contributed by atoms with Crippen molar-refractivity contribution in [3.8, 4) is 5.75 Å². The fourth-order valence-electron chi connectivity index (χ4n) is 3.83. The minimum absolute atomic E-state index is 0.0511. The molecule has 0 atom stereocenters. The maximum atomic E-state index is 13.9. The van der Waals surface area contributed by atoms with Crippen LogP contribution < -0.4 is 15.4 Å². The van der Waals surface area contributed by atoms with Gasteiger partial charge in [-0.15, -0.1) is 0 Å². The summed E-state index contributed by atoms with van der Waals surface area (Å²) < 4.78 is 25.0. The number of hydrogen-bond donors (Lipinski definition) is 4. The number of halogens is 1. The monoisotopic (exact) mass is 493 g/mol. The van der Waals surface area contributed by atoms with Gasteiger partial charge in [0.25, 0.3) is 11.8 Å². The Hall–Kier alpha value is -4.29. The molecule has 5 rings (SSSR count). The smallest absolute Gasteiger partial charge is 0.276 e. The minimum Gasteiger partial charge on any atom is -0.490 e. The van der Waals surface area contributed by atoms with Crippen LogP contribution in [0.15, 0.2) is 48.8 Å². The number of imidazole rings is 2. The fourth-order valence-corrected chi connectivity index (χ4v) is 3.83. The molecule has 3 heterocycles. The lowest BCUT2D eigenvalue weighted by Crippen LogP contribution is -2.38. The Morgan fingerprint density at radius 1 is 1.11 bits per heavy atom. The number of para-hydroxylation sites is 2. The zero-order chi connectivity index (χ0) is 24.9. The molecule has 2 amide bonds. The number of carbonyl (C=O) groups excluding carboxylic acids is 2. The van der Waals surface area contributed by atoms with E-state index in [2.05, 4.69) is 35.5 Å². The number of nitrogens with one attached hydrogen (secondary N) is 4. The van der Waals surface area contributed by atoms with Gasteiger partial charge in [-0.05, 0) is 24.3 Å². The summed E-state index contributed by atoms with van der Waals surface area (Å²) in [6.07, 6.45) is 1.24. The lowest BCUT2D eigenvalue weighted by atomic mass is 10.2. The van der Waals surface area contributed by atoms with Gasteiger partial charge in [0.2, 0.25) is 5.95 Å². The number of aromatic amines is 2. The van der Waals surface area contributed by atoms with Crippen LogP contribution in [0.25, 0.3) is 11.0 Å². The van der Waals surface area contributed by atoms with Crippen LogP contribution in [-0.2, 0) is 4.74 Å². The van der Waals surface area contributed by atoms with Crippen LogP contribution >= 0.6 is 0 Å². The number of benzene rings is 2. The third-order valence-corrected chi connectivity index (χ3v) is 5.66. The standard InChI is InChI=1S/C24H24FN7O4/c25-15-5-6-18(19(13-15)36-12-9-32-7-10-35-11-8-32)28-22(33)20-21(27-14-26-20)23(34)31-24-29-16-3-1-2-4-17(16)30-24/h1-6,13-14H,7-12H2,(H,26,27)(H,28,33)(H2,29,30,31,34). The van der Waals surface area contributed by atoms with Gasteiger partial charge in [0.1, 0.15) is 23.9 Å². The quantitative estimate of drug-likeness (QED) is 0.296. The molecule has 186 valence electrons. The third-order valence-electron chi connectivity index (χ3n) is 5.66. The number of amides is 2. The fraction of sp³-hybridized carbons (Fsp3) is 0.250. The Balaban J connectivity index is 1.26. The first-order chi connectivity index (χ1) is 17.6. The van der Waals surface area contributed by atoms with Crippen molar-refractivity contribution in [3.05, 3.63) is 66.0 Å². The molecular formula is C24H24FN7O4. The van der Waals surface area contributed by atoms with Gasteiger partial charge in [-0.25, -0.2) is 14.4 Å². The van der Waals surface area contributed by atoms with E-state index in [9.17, 15) is 14.0 Å². The van der Waals surface area contributed by atoms with E-state index in [0.29, 0.717) is 31.9 Å². The Morgan fingerprint density at radius 2 is 1.94 bits per heavy atom. The normalized spacial score (nSPS) is 14.0. The summed E-state index contributed by atoms with van der Waals surface area (Å²) in [5, 5.41) is 5.29. The zero-order valence-electron chi connectivity index (χ0n) is 19.2. The van der Waals surface area contributed by atoms with Crippen molar-refractivity contribution in [2.75, 3.05) is 50.1 Å². The average Bonchev–Trinajstić information content (AvgIpc) is 3.53. The van der Waals surface area contributed by atoms with Crippen molar-refractivity contribution in [1.29, 1.82) is 0 Å². The SMILES string of the molecule is O=C(Nc1ccc(F)cc1OCCN1CCOCC1)c1nc[nH]c1C(=O)Nc1nc2ccccc2[nH]1. The second kappa shape index (κ2) is 10.5. The highest BCUT2D eigenvalue weighted by Gasteiger charge is 2.22. The van der Waals surface area contributed by atoms with Crippen LogP contribution in [0.1, 0.15) is 21.0 Å². The number of ether oxygens (including phenoxy) is 2. The van der Waals surface area contributed by atoms with E-state index >= 15 is 0 Å². The molecule has 0 aliphatic carbocycles. The van der Waals surface area contributed by atoms with Crippen LogP contribution in [-0.4, -0.2) is 76.1 Å². The van der Waals surface area contributed by atoms with Gasteiger partial charge in [-0.3, -0.25) is 19.8 Å². The van der Waals surface area contributed by atoms with Crippen molar-refractivity contribution in [1.82, 2.24) is 24.8 Å². The van der Waals surface area contributed by atoms with Gasteiger partial charge in [0, 0.05) is 25.7 Å². The molecule has 2 aromatic heterocycles. The maximum Gasteiger partial charge on any atom is 0.276 e. The van der Waals surface area contributed by atoms with Crippen molar-refractivity contribution in [3.63, 3.8) is 0 Å². The number of H-pyrrole nitrogens is 2. The molecule has 1 aliphatic rings. The third kappa shape index (κ3) is 5.34. The topological polar surface area (TPSA) is 137 Å². The molecule has 36 heavy (non-hydrogen) atoms. The van der Waals surface area contributed by atoms with E-state index in [1.165, 1.54) is 24.5 Å². The Kier molecular flexibility index (Phi) is 6.87. The number of rotatable bonds is 8. The van der Waals surface area contributed by atoms with Crippen LogP contribution in [0.2, 0.25) is 0 Å². The van der Waals surface area contributed by atoms with Crippen molar-refractivity contribution in [2.45, 2.75) is 0 Å². The summed E-state index contributed by atoms with van der Waals surface area (Å²) in [7, 11) is 0. The number of hydrogen-bond acceptors (Lipinski definition) is 7. The molecule has 1 saturated heterocycles. The lowest BCUT2D eigenvalue weighted by molar-refractivity contribution is 0.0322. The predicted molar refractivity (Wildman–Crippen MR) is 130 cm³/mol. The number of carbonyl (C=O) groups is 2. The highest BCUT2D eigenvalue weighted by atomic mass is 19.1. The van der Waals surface area contributed by atoms with Crippen LogP contribution in [0.5, 0.6) is 5.75 Å². The molecule has 0 unspecified atom stereocenters. The van der Waals surface area contributed by atoms with Crippen molar-refractivity contribution < 1.29 is 23.5 Å². The second-order valence-electron chi connectivity index (χ2n) is 8.08. The Bertz CT molecular complexity index is 1350. The van der Waals surface area contributed by atoms with Crippen molar-refractivity contribution >= 4 is 34.5 Å². The van der Waals surface area contributed by atoms with Gasteiger partial charge in [0.05, 0.1) is 36.3 Å². The first-order valence-corrected chi connectivity index (χ1v) is 11.4. The average molecular weight is 493 g/mol. The maximum absolute atomic E-state index is 13.9. The van der Waals surface area contributed by atoms with Gasteiger partial charge in [-0.1, -0.05) is 12.1 Å². The summed E-state index contributed by atoms with van der Waals surface area (Å²) >= 11 is 0. The molecule has 11 nitrogen and oxygen atoms in total. The van der Waals surface area contributed by atoms with E-state index in [1.807, 2.05) is 18.2 Å². The number of anilines is 2. The second-order valence-corrected chi connectivity index (χ2v) is 8.08. The van der Waals surface area contributed by atoms with Gasteiger partial charge in [0.15, 0.2) is 5.69 Å². The molecular weight excluding hydrogens is 469 g/mol. The Labute approximate surface area is 205 Å². The van der Waals surface area contributed by atoms with E-state index in [0.717, 1.165) is 18.6 Å². The summed E-state index contributed by atoms with van der Waals surface area (Å²) in [5.74, 6) is -1.34. The zero-order valence-corrected chi connectivity index (χ0v) is 19.2. The van der Waals surface area contributed by atoms with E-state index < -0.39 is 17.6 Å².